The summed E-state index contributed by atoms with van der Waals surface area (Å²) in [5, 5.41) is 2.20. The van der Waals surface area contributed by atoms with E-state index in [1.165, 1.54) is 0 Å². The first-order valence-corrected chi connectivity index (χ1v) is 5.13. The minimum absolute atomic E-state index is 0.174. The van der Waals surface area contributed by atoms with E-state index in [1.807, 2.05) is 35.3 Å². The maximum atomic E-state index is 5.34. The van der Waals surface area contributed by atoms with Crippen molar-refractivity contribution >= 4 is 28.9 Å². The molecule has 0 radical (unpaired) electrons. The second kappa shape index (κ2) is 4.27. The number of nitrogens with one attached hydrogen (secondary N) is 1. The molecule has 0 atom stereocenters. The van der Waals surface area contributed by atoms with Crippen molar-refractivity contribution in [3.05, 3.63) is 30.3 Å². The van der Waals surface area contributed by atoms with Crippen molar-refractivity contribution in [1.82, 2.24) is 5.43 Å². The second-order valence-electron chi connectivity index (χ2n) is 3.25. The molecule has 1 aliphatic rings. The van der Waals surface area contributed by atoms with E-state index in [0.29, 0.717) is 0 Å². The molecule has 1 fully saturated rings. The number of anilines is 1. The molecule has 0 unspecified atom stereocenters. The number of benzene rings is 1. The smallest absolute Gasteiger partial charge is 0.191 e. The lowest BCUT2D eigenvalue weighted by molar-refractivity contribution is 0.858. The number of hydrazine groups is 1. The summed E-state index contributed by atoms with van der Waals surface area (Å²) < 4.78 is 0. The monoisotopic (exact) mass is 220 g/mol. The summed E-state index contributed by atoms with van der Waals surface area (Å²) in [7, 11) is 0. The van der Waals surface area contributed by atoms with Crippen molar-refractivity contribution in [3.63, 3.8) is 0 Å². The van der Waals surface area contributed by atoms with Crippen molar-refractivity contribution in [2.24, 2.45) is 10.7 Å². The molecule has 0 bridgehead atoms. The molecule has 1 aromatic carbocycles. The fourth-order valence-electron chi connectivity index (χ4n) is 1.50. The number of hydrogen-bond acceptors (Lipinski definition) is 2. The first kappa shape index (κ1) is 9.92. The number of thiocarbonyl (C=S) groups is 1. The Balaban J connectivity index is 2.08. The molecule has 1 heterocycles. The zero-order valence-electron chi connectivity index (χ0n) is 8.18. The standard InChI is InChI=1S/C10H12N4S/c11-10(15)12-9-6-7-14(13-9)8-4-2-1-3-5-8/h1-5H,6-7H2,(H3,11,12,13,15). The molecule has 1 aliphatic heterocycles. The van der Waals surface area contributed by atoms with Crippen LogP contribution in [0.1, 0.15) is 6.42 Å². The highest BCUT2D eigenvalue weighted by Crippen LogP contribution is 2.14. The van der Waals surface area contributed by atoms with Crippen LogP contribution >= 0.6 is 12.2 Å². The van der Waals surface area contributed by atoms with Crippen LogP contribution in [0.5, 0.6) is 0 Å². The van der Waals surface area contributed by atoms with E-state index >= 15 is 0 Å². The molecule has 5 heteroatoms. The lowest BCUT2D eigenvalue weighted by atomic mass is 10.3. The van der Waals surface area contributed by atoms with Gasteiger partial charge >= 0.3 is 0 Å². The number of aliphatic imine (C=N–C) groups is 1. The van der Waals surface area contributed by atoms with E-state index in [0.717, 1.165) is 24.5 Å². The summed E-state index contributed by atoms with van der Waals surface area (Å²) in [4.78, 5) is 4.03. The molecular formula is C10H12N4S. The van der Waals surface area contributed by atoms with E-state index in [-0.39, 0.29) is 5.11 Å². The van der Waals surface area contributed by atoms with E-state index in [9.17, 15) is 0 Å². The number of nitrogens with two attached hydrogens (primary N) is 1. The lowest BCUT2D eigenvalue weighted by Crippen LogP contribution is -2.33. The molecule has 0 amide bonds. The van der Waals surface area contributed by atoms with Gasteiger partial charge in [-0.3, -0.25) is 10.4 Å². The largest absolute Gasteiger partial charge is 0.374 e. The molecule has 2 rings (SSSR count). The number of para-hydroxylation sites is 1. The van der Waals surface area contributed by atoms with Crippen molar-refractivity contribution in [2.45, 2.75) is 6.42 Å². The van der Waals surface area contributed by atoms with Gasteiger partial charge in [0.05, 0.1) is 5.69 Å². The van der Waals surface area contributed by atoms with Crippen LogP contribution in [0.4, 0.5) is 5.69 Å². The van der Waals surface area contributed by atoms with Crippen molar-refractivity contribution in [1.29, 1.82) is 0 Å². The fraction of sp³-hybridized carbons (Fsp3) is 0.200. The Labute approximate surface area is 93.8 Å². The summed E-state index contributed by atoms with van der Waals surface area (Å²) in [6, 6.07) is 10.1. The second-order valence-corrected chi connectivity index (χ2v) is 3.66. The van der Waals surface area contributed by atoms with Gasteiger partial charge in [0.15, 0.2) is 5.11 Å². The molecule has 0 saturated carbocycles. The first-order chi connectivity index (χ1) is 7.25. The first-order valence-electron chi connectivity index (χ1n) is 4.72. The van der Waals surface area contributed by atoms with Crippen LogP contribution in [0.3, 0.4) is 0 Å². The topological polar surface area (TPSA) is 53.6 Å². The normalized spacial score (nSPS) is 17.9. The maximum Gasteiger partial charge on any atom is 0.191 e. The molecule has 3 N–H and O–H groups in total. The molecule has 0 spiro atoms. The Hall–Kier alpha value is -1.62. The quantitative estimate of drug-likeness (QED) is 0.694. The number of nitrogens with zero attached hydrogens (tertiary/aromatic N) is 2. The molecule has 78 valence electrons. The fourth-order valence-corrected chi connectivity index (χ4v) is 1.61. The number of hydrogen-bond donors (Lipinski definition) is 2. The molecule has 0 aliphatic carbocycles. The molecule has 1 aromatic rings. The zero-order valence-corrected chi connectivity index (χ0v) is 9.00. The Morgan fingerprint density at radius 1 is 1.40 bits per heavy atom. The van der Waals surface area contributed by atoms with Crippen LogP contribution in [0.15, 0.2) is 35.3 Å². The van der Waals surface area contributed by atoms with Gasteiger partial charge < -0.3 is 5.73 Å². The van der Waals surface area contributed by atoms with Gasteiger partial charge in [-0.05, 0) is 24.4 Å². The SMILES string of the molecule is NC(=S)/N=C1\CCN(c2ccccc2)N1. The van der Waals surface area contributed by atoms with Crippen LogP contribution in [0.25, 0.3) is 0 Å². The summed E-state index contributed by atoms with van der Waals surface area (Å²) in [6.07, 6.45) is 0.840. The minimum Gasteiger partial charge on any atom is -0.374 e. The molecule has 1 saturated heterocycles. The van der Waals surface area contributed by atoms with E-state index < -0.39 is 0 Å². The van der Waals surface area contributed by atoms with Crippen LogP contribution in [-0.2, 0) is 0 Å². The van der Waals surface area contributed by atoms with E-state index in [4.69, 9.17) is 18.0 Å². The van der Waals surface area contributed by atoms with Crippen LogP contribution in [0.2, 0.25) is 0 Å². The average molecular weight is 220 g/mol. The van der Waals surface area contributed by atoms with Gasteiger partial charge in [-0.25, -0.2) is 4.99 Å². The summed E-state index contributed by atoms with van der Waals surface area (Å²) in [5.41, 5.74) is 9.61. The molecule has 4 nitrogen and oxygen atoms in total. The van der Waals surface area contributed by atoms with Crippen LogP contribution in [-0.4, -0.2) is 17.5 Å². The third kappa shape index (κ3) is 2.44. The summed E-state index contributed by atoms with van der Waals surface area (Å²) in [5.74, 6) is 0.825. The van der Waals surface area contributed by atoms with Gasteiger partial charge in [0.2, 0.25) is 0 Å². The lowest BCUT2D eigenvalue weighted by Gasteiger charge is -2.17. The Bertz CT molecular complexity index is 388. The Kier molecular flexibility index (Phi) is 2.82. The predicted molar refractivity (Wildman–Crippen MR) is 65.8 cm³/mol. The third-order valence-electron chi connectivity index (χ3n) is 2.15. The maximum absolute atomic E-state index is 5.34. The third-order valence-corrected chi connectivity index (χ3v) is 2.24. The molecule has 0 aromatic heterocycles. The number of amidine groups is 1. The highest BCUT2D eigenvalue weighted by Gasteiger charge is 2.16. The van der Waals surface area contributed by atoms with Gasteiger partial charge in [-0.15, -0.1) is 0 Å². The molecule has 15 heavy (non-hydrogen) atoms. The van der Waals surface area contributed by atoms with E-state index in [2.05, 4.69) is 10.4 Å². The Morgan fingerprint density at radius 3 is 2.80 bits per heavy atom. The summed E-state index contributed by atoms with van der Waals surface area (Å²) in [6.45, 7) is 0.880. The van der Waals surface area contributed by atoms with Crippen LogP contribution in [0, 0.1) is 0 Å². The molecular weight excluding hydrogens is 208 g/mol. The highest BCUT2D eigenvalue weighted by atomic mass is 32.1. The van der Waals surface area contributed by atoms with Gasteiger partial charge in [0, 0.05) is 13.0 Å². The Morgan fingerprint density at radius 2 is 2.13 bits per heavy atom. The predicted octanol–water partition coefficient (Wildman–Crippen LogP) is 1.04. The van der Waals surface area contributed by atoms with Crippen molar-refractivity contribution < 1.29 is 0 Å². The average Bonchev–Trinajstić information content (AvgIpc) is 2.67. The zero-order chi connectivity index (χ0) is 10.7. The van der Waals surface area contributed by atoms with Gasteiger partial charge in [0.1, 0.15) is 5.84 Å². The highest BCUT2D eigenvalue weighted by molar-refractivity contribution is 7.80. The number of rotatable bonds is 1. The minimum atomic E-state index is 0.174. The van der Waals surface area contributed by atoms with Crippen molar-refractivity contribution in [3.8, 4) is 0 Å². The van der Waals surface area contributed by atoms with Crippen LogP contribution < -0.4 is 16.2 Å². The summed E-state index contributed by atoms with van der Waals surface area (Å²) >= 11 is 4.72. The van der Waals surface area contributed by atoms with E-state index in [1.54, 1.807) is 0 Å². The van der Waals surface area contributed by atoms with Gasteiger partial charge in [-0.2, -0.15) is 0 Å². The van der Waals surface area contributed by atoms with Crippen molar-refractivity contribution in [2.75, 3.05) is 11.6 Å². The van der Waals surface area contributed by atoms with Gasteiger partial charge in [-0.1, -0.05) is 18.2 Å². The van der Waals surface area contributed by atoms with Gasteiger partial charge in [0.25, 0.3) is 0 Å².